The van der Waals surface area contributed by atoms with Gasteiger partial charge in [-0.1, -0.05) is 24.3 Å². The van der Waals surface area contributed by atoms with Crippen LogP contribution < -0.4 is 0 Å². The molecule has 1 aromatic heterocycles. The van der Waals surface area contributed by atoms with Crippen molar-refractivity contribution in [2.24, 2.45) is 0 Å². The van der Waals surface area contributed by atoms with Crippen LogP contribution in [0.5, 0.6) is 0 Å². The van der Waals surface area contributed by atoms with Crippen molar-refractivity contribution in [3.8, 4) is 0 Å². The van der Waals surface area contributed by atoms with Crippen molar-refractivity contribution >= 4 is 16.8 Å². The molecule has 1 heterocycles. The Balaban J connectivity index is 2.49. The fourth-order valence-corrected chi connectivity index (χ4v) is 2.51. The first kappa shape index (κ1) is 9.59. The molecule has 0 aliphatic heterocycles. The molecule has 80 valence electrons. The van der Waals surface area contributed by atoms with E-state index < -0.39 is 0 Å². The molecule has 16 heavy (non-hydrogen) atoms. The molecule has 0 amide bonds. The fraction of sp³-hybridized carbons (Fsp3) is 0.267. The second-order valence-electron chi connectivity index (χ2n) is 4.55. The van der Waals surface area contributed by atoms with Crippen LogP contribution in [0.2, 0.25) is 0 Å². The molecule has 1 aromatic carbocycles. The molecule has 0 unspecified atom stereocenters. The van der Waals surface area contributed by atoms with Crippen LogP contribution in [0.15, 0.2) is 24.4 Å². The van der Waals surface area contributed by atoms with Gasteiger partial charge in [-0.25, -0.2) is 0 Å². The Kier molecular flexibility index (Phi) is 2.06. The normalized spacial score (nSPS) is 14.1. The molecular weight excluding hydrogens is 194 g/mol. The van der Waals surface area contributed by atoms with Crippen LogP contribution in [-0.4, -0.2) is 4.98 Å². The maximum atomic E-state index is 4.60. The zero-order valence-corrected chi connectivity index (χ0v) is 9.75. The van der Waals surface area contributed by atoms with Gasteiger partial charge in [0.05, 0.1) is 0 Å². The van der Waals surface area contributed by atoms with Gasteiger partial charge < -0.3 is 0 Å². The van der Waals surface area contributed by atoms with Gasteiger partial charge in [0.2, 0.25) is 0 Å². The van der Waals surface area contributed by atoms with Gasteiger partial charge in [0.1, 0.15) is 0 Å². The average Bonchev–Trinajstić information content (AvgIpc) is 2.33. The van der Waals surface area contributed by atoms with E-state index in [1.54, 1.807) is 0 Å². The molecule has 0 N–H and O–H groups in total. The Labute approximate surface area is 95.8 Å². The standard InChI is InChI=1S/C15H15N/c1-10-7-8-11(2)15-12-5-3-4-6-14(12)16-9-13(10)15/h3,5,7-9H,4,6H2,1-2H3. The molecule has 1 nitrogen and oxygen atoms in total. The second-order valence-corrected chi connectivity index (χ2v) is 4.55. The van der Waals surface area contributed by atoms with E-state index in [1.807, 2.05) is 6.20 Å². The summed E-state index contributed by atoms with van der Waals surface area (Å²) in [5.74, 6) is 0. The molecule has 0 spiro atoms. The summed E-state index contributed by atoms with van der Waals surface area (Å²) in [6.07, 6.45) is 8.73. The number of hydrogen-bond donors (Lipinski definition) is 0. The van der Waals surface area contributed by atoms with Crippen LogP contribution in [0.3, 0.4) is 0 Å². The van der Waals surface area contributed by atoms with E-state index >= 15 is 0 Å². The summed E-state index contributed by atoms with van der Waals surface area (Å²) in [5, 5.41) is 2.69. The van der Waals surface area contributed by atoms with Crippen LogP contribution >= 0.6 is 0 Å². The van der Waals surface area contributed by atoms with E-state index in [2.05, 4.69) is 43.1 Å². The first-order chi connectivity index (χ1) is 7.77. The van der Waals surface area contributed by atoms with Crippen molar-refractivity contribution in [2.45, 2.75) is 26.7 Å². The van der Waals surface area contributed by atoms with Gasteiger partial charge in [-0.15, -0.1) is 0 Å². The summed E-state index contributed by atoms with van der Waals surface area (Å²) < 4.78 is 0. The lowest BCUT2D eigenvalue weighted by Crippen LogP contribution is -2.00. The van der Waals surface area contributed by atoms with Crippen molar-refractivity contribution in [3.05, 3.63) is 46.8 Å². The highest BCUT2D eigenvalue weighted by atomic mass is 14.7. The number of allylic oxidation sites excluding steroid dienone is 1. The number of rotatable bonds is 0. The lowest BCUT2D eigenvalue weighted by atomic mass is 9.93. The molecular formula is C15H15N. The first-order valence-electron chi connectivity index (χ1n) is 5.81. The van der Waals surface area contributed by atoms with Gasteiger partial charge in [-0.3, -0.25) is 4.98 Å². The van der Waals surface area contributed by atoms with E-state index in [0.717, 1.165) is 12.8 Å². The summed E-state index contributed by atoms with van der Waals surface area (Å²) in [6.45, 7) is 4.34. The second kappa shape index (κ2) is 3.44. The Hall–Kier alpha value is -1.63. The SMILES string of the molecule is Cc1ccc(C)c2c3c(ncc12)CCC=C3. The smallest absolute Gasteiger partial charge is 0.0485 e. The highest BCUT2D eigenvalue weighted by molar-refractivity contribution is 5.95. The van der Waals surface area contributed by atoms with Crippen LogP contribution in [0.4, 0.5) is 0 Å². The molecule has 0 atom stereocenters. The van der Waals surface area contributed by atoms with Crippen LogP contribution in [0, 0.1) is 13.8 Å². The highest BCUT2D eigenvalue weighted by Gasteiger charge is 2.12. The van der Waals surface area contributed by atoms with Crippen LogP contribution in [-0.2, 0) is 6.42 Å². The third kappa shape index (κ3) is 1.28. The molecule has 0 radical (unpaired) electrons. The third-order valence-corrected chi connectivity index (χ3v) is 3.43. The Morgan fingerprint density at radius 1 is 1.12 bits per heavy atom. The lowest BCUT2D eigenvalue weighted by Gasteiger charge is -2.15. The van der Waals surface area contributed by atoms with E-state index in [-0.39, 0.29) is 0 Å². The van der Waals surface area contributed by atoms with Crippen molar-refractivity contribution in [3.63, 3.8) is 0 Å². The Morgan fingerprint density at radius 3 is 2.81 bits per heavy atom. The number of nitrogens with zero attached hydrogens (tertiary/aromatic N) is 1. The maximum Gasteiger partial charge on any atom is 0.0485 e. The van der Waals surface area contributed by atoms with Crippen LogP contribution in [0.1, 0.15) is 28.8 Å². The topological polar surface area (TPSA) is 12.9 Å². The Bertz CT molecular complexity index is 594. The predicted octanol–water partition coefficient (Wildman–Crippen LogP) is 3.81. The molecule has 2 aromatic rings. The first-order valence-corrected chi connectivity index (χ1v) is 5.81. The zero-order valence-electron chi connectivity index (χ0n) is 9.75. The number of hydrogen-bond acceptors (Lipinski definition) is 1. The number of fused-ring (bicyclic) bond motifs is 3. The van der Waals surface area contributed by atoms with E-state index in [0.29, 0.717) is 0 Å². The summed E-state index contributed by atoms with van der Waals surface area (Å²) in [7, 11) is 0. The van der Waals surface area contributed by atoms with Crippen molar-refractivity contribution < 1.29 is 0 Å². The van der Waals surface area contributed by atoms with E-state index in [4.69, 9.17) is 0 Å². The number of aromatic nitrogens is 1. The highest BCUT2D eigenvalue weighted by Crippen LogP contribution is 2.30. The number of pyridine rings is 1. The molecule has 1 aliphatic rings. The van der Waals surface area contributed by atoms with E-state index in [9.17, 15) is 0 Å². The summed E-state index contributed by atoms with van der Waals surface area (Å²) in [5.41, 5.74) is 5.26. The molecule has 0 fully saturated rings. The minimum Gasteiger partial charge on any atom is -0.260 e. The largest absolute Gasteiger partial charge is 0.260 e. The van der Waals surface area contributed by atoms with Crippen molar-refractivity contribution in [1.82, 2.24) is 4.98 Å². The molecule has 0 bridgehead atoms. The fourth-order valence-electron chi connectivity index (χ4n) is 2.51. The molecule has 0 saturated heterocycles. The van der Waals surface area contributed by atoms with Gasteiger partial charge >= 0.3 is 0 Å². The summed E-state index contributed by atoms with van der Waals surface area (Å²) in [6, 6.07) is 4.39. The van der Waals surface area contributed by atoms with Gasteiger partial charge in [0.25, 0.3) is 0 Å². The number of aryl methyl sites for hydroxylation is 3. The van der Waals surface area contributed by atoms with Gasteiger partial charge in [0.15, 0.2) is 0 Å². The van der Waals surface area contributed by atoms with Crippen LogP contribution in [0.25, 0.3) is 16.8 Å². The van der Waals surface area contributed by atoms with Gasteiger partial charge in [-0.05, 0) is 43.2 Å². The van der Waals surface area contributed by atoms with E-state index in [1.165, 1.54) is 33.2 Å². The van der Waals surface area contributed by atoms with Gasteiger partial charge in [0, 0.05) is 22.8 Å². The molecule has 0 saturated carbocycles. The maximum absolute atomic E-state index is 4.60. The van der Waals surface area contributed by atoms with Crippen molar-refractivity contribution in [1.29, 1.82) is 0 Å². The van der Waals surface area contributed by atoms with Gasteiger partial charge in [-0.2, -0.15) is 0 Å². The minimum atomic E-state index is 1.08. The Morgan fingerprint density at radius 2 is 1.94 bits per heavy atom. The predicted molar refractivity (Wildman–Crippen MR) is 68.6 cm³/mol. The summed E-state index contributed by atoms with van der Waals surface area (Å²) in [4.78, 5) is 4.60. The zero-order chi connectivity index (χ0) is 11.1. The summed E-state index contributed by atoms with van der Waals surface area (Å²) >= 11 is 0. The molecule has 1 heteroatoms. The third-order valence-electron chi connectivity index (χ3n) is 3.43. The minimum absolute atomic E-state index is 1.08. The van der Waals surface area contributed by atoms with Crippen molar-refractivity contribution in [2.75, 3.05) is 0 Å². The lowest BCUT2D eigenvalue weighted by molar-refractivity contribution is 0.933. The quantitative estimate of drug-likeness (QED) is 0.643. The number of benzene rings is 1. The average molecular weight is 209 g/mol. The monoisotopic (exact) mass is 209 g/mol. The molecule has 1 aliphatic carbocycles. The molecule has 3 rings (SSSR count).